The molecule has 3 aromatic rings. The number of nitrogens with zero attached hydrogens (tertiary/aromatic N) is 2. The van der Waals surface area contributed by atoms with Gasteiger partial charge < -0.3 is 20.1 Å². The molecule has 1 unspecified atom stereocenters. The third kappa shape index (κ3) is 5.39. The Labute approximate surface area is 191 Å². The lowest BCUT2D eigenvalue weighted by molar-refractivity contribution is -0.141. The van der Waals surface area contributed by atoms with Gasteiger partial charge in [0, 0.05) is 56.6 Å². The van der Waals surface area contributed by atoms with Crippen molar-refractivity contribution < 1.29 is 18.8 Å². The minimum absolute atomic E-state index is 0.0501. The van der Waals surface area contributed by atoms with Crippen molar-refractivity contribution >= 4 is 28.6 Å². The predicted octanol–water partition coefficient (Wildman–Crippen LogP) is 2.27. The number of hydrogen-bond acceptors (Lipinski definition) is 3. The van der Waals surface area contributed by atoms with Gasteiger partial charge in [-0.05, 0) is 29.3 Å². The van der Waals surface area contributed by atoms with Crippen LogP contribution in [0.5, 0.6) is 0 Å². The normalized spacial score (nSPS) is 14.8. The first-order chi connectivity index (χ1) is 15.9. The van der Waals surface area contributed by atoms with Crippen LogP contribution in [0.25, 0.3) is 10.9 Å². The summed E-state index contributed by atoms with van der Waals surface area (Å²) in [6.45, 7) is 3.05. The summed E-state index contributed by atoms with van der Waals surface area (Å²) in [6, 6.07) is 13.1. The first-order valence-corrected chi connectivity index (χ1v) is 11.0. The van der Waals surface area contributed by atoms with E-state index >= 15 is 0 Å². The SMILES string of the molecule is CC(=O)NC(Cc1c[nH]c2ccccc12)C(=O)N1CCN(C(=O)Cc2ccc(F)cc2)CC1. The summed E-state index contributed by atoms with van der Waals surface area (Å²) in [5.41, 5.74) is 2.70. The number of aromatic amines is 1. The van der Waals surface area contributed by atoms with Gasteiger partial charge in [-0.2, -0.15) is 0 Å². The second-order valence-corrected chi connectivity index (χ2v) is 8.33. The van der Waals surface area contributed by atoms with E-state index in [1.165, 1.54) is 19.1 Å². The van der Waals surface area contributed by atoms with Gasteiger partial charge in [-0.25, -0.2) is 4.39 Å². The smallest absolute Gasteiger partial charge is 0.245 e. The molecule has 8 heteroatoms. The van der Waals surface area contributed by atoms with Crippen LogP contribution in [-0.2, 0) is 27.2 Å². The van der Waals surface area contributed by atoms with E-state index in [4.69, 9.17) is 0 Å². The maximum Gasteiger partial charge on any atom is 0.245 e. The Morgan fingerprint density at radius 2 is 1.67 bits per heavy atom. The quantitative estimate of drug-likeness (QED) is 0.604. The molecule has 33 heavy (non-hydrogen) atoms. The fraction of sp³-hybridized carbons (Fsp3) is 0.320. The minimum atomic E-state index is -0.678. The number of H-pyrrole nitrogens is 1. The molecule has 7 nitrogen and oxygen atoms in total. The van der Waals surface area contributed by atoms with E-state index in [1.807, 2.05) is 30.5 Å². The number of benzene rings is 2. The highest BCUT2D eigenvalue weighted by molar-refractivity contribution is 5.89. The van der Waals surface area contributed by atoms with E-state index < -0.39 is 6.04 Å². The van der Waals surface area contributed by atoms with Crippen LogP contribution in [-0.4, -0.2) is 64.7 Å². The number of carbonyl (C=O) groups is 3. The Hall–Kier alpha value is -3.68. The summed E-state index contributed by atoms with van der Waals surface area (Å²) < 4.78 is 13.1. The molecule has 1 saturated heterocycles. The van der Waals surface area contributed by atoms with Crippen molar-refractivity contribution in [2.45, 2.75) is 25.8 Å². The molecule has 0 aliphatic carbocycles. The van der Waals surface area contributed by atoms with Crippen molar-refractivity contribution in [3.05, 3.63) is 71.7 Å². The van der Waals surface area contributed by atoms with Gasteiger partial charge in [0.1, 0.15) is 11.9 Å². The van der Waals surface area contributed by atoms with Crippen molar-refractivity contribution in [1.82, 2.24) is 20.1 Å². The Balaban J connectivity index is 1.38. The number of fused-ring (bicyclic) bond motifs is 1. The summed E-state index contributed by atoms with van der Waals surface area (Å²) in [4.78, 5) is 44.3. The summed E-state index contributed by atoms with van der Waals surface area (Å²) in [5.74, 6) is -0.798. The number of carbonyl (C=O) groups excluding carboxylic acids is 3. The molecule has 172 valence electrons. The zero-order chi connectivity index (χ0) is 23.4. The minimum Gasteiger partial charge on any atom is -0.361 e. The average Bonchev–Trinajstić information content (AvgIpc) is 3.22. The number of rotatable bonds is 6. The van der Waals surface area contributed by atoms with E-state index in [2.05, 4.69) is 10.3 Å². The van der Waals surface area contributed by atoms with Crippen LogP contribution in [0.2, 0.25) is 0 Å². The molecule has 1 atom stereocenters. The fourth-order valence-corrected chi connectivity index (χ4v) is 4.25. The fourth-order valence-electron chi connectivity index (χ4n) is 4.25. The molecule has 3 amide bonds. The first-order valence-electron chi connectivity index (χ1n) is 11.0. The molecule has 0 radical (unpaired) electrons. The summed E-state index contributed by atoms with van der Waals surface area (Å²) >= 11 is 0. The molecular formula is C25H27FN4O3. The highest BCUT2D eigenvalue weighted by atomic mass is 19.1. The average molecular weight is 451 g/mol. The van der Waals surface area contributed by atoms with Crippen molar-refractivity contribution in [3.8, 4) is 0 Å². The van der Waals surface area contributed by atoms with Gasteiger partial charge in [-0.3, -0.25) is 14.4 Å². The molecule has 2 heterocycles. The predicted molar refractivity (Wildman–Crippen MR) is 123 cm³/mol. The van der Waals surface area contributed by atoms with Crippen LogP contribution in [0.4, 0.5) is 4.39 Å². The third-order valence-corrected chi connectivity index (χ3v) is 5.99. The molecule has 0 saturated carbocycles. The van der Waals surface area contributed by atoms with Crippen molar-refractivity contribution in [3.63, 3.8) is 0 Å². The van der Waals surface area contributed by atoms with E-state index in [-0.39, 0.29) is 30.0 Å². The van der Waals surface area contributed by atoms with E-state index in [0.29, 0.717) is 32.6 Å². The standard InChI is InChI=1S/C25H27FN4O3/c1-17(31)28-23(15-19-16-27-22-5-3-2-4-21(19)22)25(33)30-12-10-29(11-13-30)24(32)14-18-6-8-20(26)9-7-18/h2-9,16,23,27H,10-15H2,1H3,(H,28,31). The first kappa shape index (κ1) is 22.5. The number of amides is 3. The zero-order valence-electron chi connectivity index (χ0n) is 18.5. The molecule has 1 aliphatic heterocycles. The van der Waals surface area contributed by atoms with Gasteiger partial charge in [-0.1, -0.05) is 30.3 Å². The number of nitrogens with one attached hydrogen (secondary N) is 2. The zero-order valence-corrected chi connectivity index (χ0v) is 18.5. The third-order valence-electron chi connectivity index (χ3n) is 5.99. The van der Waals surface area contributed by atoms with Crippen molar-refractivity contribution in [1.29, 1.82) is 0 Å². The van der Waals surface area contributed by atoms with Crippen LogP contribution in [0.3, 0.4) is 0 Å². The molecule has 0 bridgehead atoms. The monoisotopic (exact) mass is 450 g/mol. The number of halogens is 1. The van der Waals surface area contributed by atoms with E-state index in [0.717, 1.165) is 22.0 Å². The molecule has 2 aromatic carbocycles. The lowest BCUT2D eigenvalue weighted by Crippen LogP contribution is -2.56. The highest BCUT2D eigenvalue weighted by Crippen LogP contribution is 2.20. The summed E-state index contributed by atoms with van der Waals surface area (Å²) in [5, 5.41) is 3.82. The Kier molecular flexibility index (Phi) is 6.72. The van der Waals surface area contributed by atoms with Gasteiger partial charge in [0.2, 0.25) is 17.7 Å². The van der Waals surface area contributed by atoms with Crippen LogP contribution in [0.15, 0.2) is 54.7 Å². The van der Waals surface area contributed by atoms with E-state index in [1.54, 1.807) is 21.9 Å². The van der Waals surface area contributed by atoms with Gasteiger partial charge in [0.15, 0.2) is 0 Å². The van der Waals surface area contributed by atoms with E-state index in [9.17, 15) is 18.8 Å². The molecule has 2 N–H and O–H groups in total. The topological polar surface area (TPSA) is 85.5 Å². The van der Waals surface area contributed by atoms with Gasteiger partial charge >= 0.3 is 0 Å². The van der Waals surface area contributed by atoms with Gasteiger partial charge in [0.25, 0.3) is 0 Å². The molecular weight excluding hydrogens is 423 g/mol. The molecule has 1 aromatic heterocycles. The van der Waals surface area contributed by atoms with Crippen LogP contribution >= 0.6 is 0 Å². The lowest BCUT2D eigenvalue weighted by atomic mass is 10.0. The van der Waals surface area contributed by atoms with Crippen molar-refractivity contribution in [2.75, 3.05) is 26.2 Å². The Bertz CT molecular complexity index is 1150. The largest absolute Gasteiger partial charge is 0.361 e. The van der Waals surface area contributed by atoms with Gasteiger partial charge in [0.05, 0.1) is 6.42 Å². The second kappa shape index (κ2) is 9.85. The van der Waals surface area contributed by atoms with Gasteiger partial charge in [-0.15, -0.1) is 0 Å². The lowest BCUT2D eigenvalue weighted by Gasteiger charge is -2.36. The van der Waals surface area contributed by atoms with Crippen LogP contribution in [0.1, 0.15) is 18.1 Å². The van der Waals surface area contributed by atoms with Crippen LogP contribution < -0.4 is 5.32 Å². The highest BCUT2D eigenvalue weighted by Gasteiger charge is 2.30. The summed E-state index contributed by atoms with van der Waals surface area (Å²) in [6.07, 6.45) is 2.45. The maximum absolute atomic E-state index is 13.3. The number of piperazine rings is 1. The molecule has 0 spiro atoms. The molecule has 4 rings (SSSR count). The molecule has 1 aliphatic rings. The second-order valence-electron chi connectivity index (χ2n) is 8.33. The maximum atomic E-state index is 13.3. The summed E-state index contributed by atoms with van der Waals surface area (Å²) in [7, 11) is 0. The number of aromatic nitrogens is 1. The Morgan fingerprint density at radius 3 is 2.36 bits per heavy atom. The number of para-hydroxylation sites is 1. The molecule has 1 fully saturated rings. The number of hydrogen-bond donors (Lipinski definition) is 2. The van der Waals surface area contributed by atoms with Crippen molar-refractivity contribution in [2.24, 2.45) is 0 Å². The Morgan fingerprint density at radius 1 is 1.00 bits per heavy atom. The van der Waals surface area contributed by atoms with Crippen LogP contribution in [0, 0.1) is 5.82 Å².